The third-order valence-electron chi connectivity index (χ3n) is 4.58. The van der Waals surface area contributed by atoms with Gasteiger partial charge in [0.05, 0.1) is 18.1 Å². The highest BCUT2D eigenvalue weighted by atomic mass is 19.1. The van der Waals surface area contributed by atoms with Gasteiger partial charge in [-0.05, 0) is 20.8 Å². The molecule has 9 heteroatoms. The number of anilines is 1. The number of carbonyl (C=O) groups excluding carboxylic acids is 1. The summed E-state index contributed by atoms with van der Waals surface area (Å²) in [6, 6.07) is 3.28. The number of fused-ring (bicyclic) bond motifs is 3. The first kappa shape index (κ1) is 20.7. The molecule has 29 heavy (non-hydrogen) atoms. The highest BCUT2D eigenvalue weighted by molar-refractivity contribution is 5.76. The molecule has 1 fully saturated rings. The van der Waals surface area contributed by atoms with E-state index in [1.165, 1.54) is 6.34 Å². The third-order valence-corrected chi connectivity index (χ3v) is 4.58. The van der Waals surface area contributed by atoms with Gasteiger partial charge in [0.25, 0.3) is 0 Å². The summed E-state index contributed by atoms with van der Waals surface area (Å²) in [5.41, 5.74) is -0.226. The van der Waals surface area contributed by atoms with E-state index in [0.29, 0.717) is 32.0 Å². The lowest BCUT2D eigenvalue weighted by molar-refractivity contribution is 0.0194. The molecule has 0 N–H and O–H groups in total. The standard InChI is InChI=1S/C20H26FN5O3/c1-20(2,3)29-19(27)25-6-7-26-13(10-25)11-28-16-8-15(23-12-24(4)5)14(9-22)17(21)18(16)26/h8,12-13H,6-7,10-11H2,1-5H3/t13-/m0/s1. The van der Waals surface area contributed by atoms with E-state index in [9.17, 15) is 10.1 Å². The van der Waals surface area contributed by atoms with Gasteiger partial charge in [-0.25, -0.2) is 14.2 Å². The predicted molar refractivity (Wildman–Crippen MR) is 107 cm³/mol. The number of rotatable bonds is 2. The van der Waals surface area contributed by atoms with E-state index in [-0.39, 0.29) is 23.0 Å². The topological polar surface area (TPSA) is 81.4 Å². The van der Waals surface area contributed by atoms with Crippen LogP contribution in [-0.2, 0) is 4.74 Å². The van der Waals surface area contributed by atoms with Crippen LogP contribution in [0, 0.1) is 17.1 Å². The summed E-state index contributed by atoms with van der Waals surface area (Å²) >= 11 is 0. The first-order chi connectivity index (χ1) is 13.6. The number of nitriles is 1. The highest BCUT2D eigenvalue weighted by Crippen LogP contribution is 2.42. The van der Waals surface area contributed by atoms with Gasteiger partial charge in [-0.3, -0.25) is 0 Å². The zero-order valence-electron chi connectivity index (χ0n) is 17.4. The lowest BCUT2D eigenvalue weighted by atomic mass is 10.0. The maximum atomic E-state index is 15.3. The van der Waals surface area contributed by atoms with Crippen LogP contribution in [0.15, 0.2) is 11.1 Å². The molecule has 0 aliphatic carbocycles. The molecule has 0 unspecified atom stereocenters. The van der Waals surface area contributed by atoms with Crippen LogP contribution in [-0.4, -0.2) is 74.2 Å². The Kier molecular flexibility index (Phi) is 5.55. The van der Waals surface area contributed by atoms with Gasteiger partial charge in [-0.15, -0.1) is 0 Å². The lowest BCUT2D eigenvalue weighted by Gasteiger charge is -2.45. The third kappa shape index (κ3) is 4.36. The van der Waals surface area contributed by atoms with Crippen LogP contribution >= 0.6 is 0 Å². The first-order valence-electron chi connectivity index (χ1n) is 9.45. The summed E-state index contributed by atoms with van der Waals surface area (Å²) in [7, 11) is 3.57. The summed E-state index contributed by atoms with van der Waals surface area (Å²) in [4.78, 5) is 21.8. The minimum absolute atomic E-state index is 0.124. The number of aliphatic imine (C=N–C) groups is 1. The van der Waals surface area contributed by atoms with Gasteiger partial charge < -0.3 is 24.2 Å². The quantitative estimate of drug-likeness (QED) is 0.558. The van der Waals surface area contributed by atoms with Crippen molar-refractivity contribution in [1.82, 2.24) is 9.80 Å². The molecule has 0 spiro atoms. The van der Waals surface area contributed by atoms with E-state index < -0.39 is 17.5 Å². The van der Waals surface area contributed by atoms with Gasteiger partial charge >= 0.3 is 6.09 Å². The Labute approximate surface area is 170 Å². The molecule has 0 bridgehead atoms. The Morgan fingerprint density at radius 2 is 2.17 bits per heavy atom. The number of benzene rings is 1. The molecule has 3 rings (SSSR count). The molecule has 156 valence electrons. The van der Waals surface area contributed by atoms with Crippen LogP contribution < -0.4 is 9.64 Å². The molecule has 1 aromatic carbocycles. The molecule has 0 radical (unpaired) electrons. The summed E-state index contributed by atoms with van der Waals surface area (Å²) < 4.78 is 26.5. The molecule has 2 aliphatic rings. The summed E-state index contributed by atoms with van der Waals surface area (Å²) in [6.45, 7) is 6.92. The Bertz CT molecular complexity index is 872. The van der Waals surface area contributed by atoms with Gasteiger partial charge in [-0.2, -0.15) is 5.26 Å². The van der Waals surface area contributed by atoms with Crippen molar-refractivity contribution >= 4 is 23.8 Å². The minimum atomic E-state index is -0.647. The van der Waals surface area contributed by atoms with E-state index >= 15 is 4.39 Å². The molecule has 1 atom stereocenters. The molecule has 2 heterocycles. The van der Waals surface area contributed by atoms with Crippen molar-refractivity contribution in [3.05, 3.63) is 17.4 Å². The minimum Gasteiger partial charge on any atom is -0.489 e. The summed E-state index contributed by atoms with van der Waals surface area (Å²) in [6.07, 6.45) is 1.11. The lowest BCUT2D eigenvalue weighted by Crippen LogP contribution is -2.59. The van der Waals surface area contributed by atoms with Gasteiger partial charge in [0.1, 0.15) is 35.3 Å². The van der Waals surface area contributed by atoms with Crippen molar-refractivity contribution in [2.75, 3.05) is 45.2 Å². The van der Waals surface area contributed by atoms with Crippen molar-refractivity contribution in [2.24, 2.45) is 4.99 Å². The van der Waals surface area contributed by atoms with Crippen LogP contribution in [0.25, 0.3) is 0 Å². The molecule has 1 amide bonds. The van der Waals surface area contributed by atoms with Crippen molar-refractivity contribution in [3.63, 3.8) is 0 Å². The zero-order chi connectivity index (χ0) is 21.3. The Hall–Kier alpha value is -3.02. The van der Waals surface area contributed by atoms with Crippen molar-refractivity contribution in [3.8, 4) is 11.8 Å². The summed E-state index contributed by atoms with van der Waals surface area (Å²) in [5.74, 6) is -0.291. The van der Waals surface area contributed by atoms with E-state index in [2.05, 4.69) is 4.99 Å². The average Bonchev–Trinajstić information content (AvgIpc) is 2.64. The second-order valence-corrected chi connectivity index (χ2v) is 8.34. The Balaban J connectivity index is 1.87. The first-order valence-corrected chi connectivity index (χ1v) is 9.45. The fourth-order valence-electron chi connectivity index (χ4n) is 3.34. The van der Waals surface area contributed by atoms with Gasteiger partial charge in [0.2, 0.25) is 0 Å². The molecular weight excluding hydrogens is 377 g/mol. The number of nitrogens with zero attached hydrogens (tertiary/aromatic N) is 5. The monoisotopic (exact) mass is 403 g/mol. The van der Waals surface area contributed by atoms with Crippen LogP contribution in [0.5, 0.6) is 5.75 Å². The Morgan fingerprint density at radius 3 is 2.79 bits per heavy atom. The number of piperazine rings is 1. The van der Waals surface area contributed by atoms with E-state index in [4.69, 9.17) is 9.47 Å². The number of hydrogen-bond donors (Lipinski definition) is 0. The number of ether oxygens (including phenoxy) is 2. The maximum absolute atomic E-state index is 15.3. The molecule has 8 nitrogen and oxygen atoms in total. The van der Waals surface area contributed by atoms with E-state index in [1.54, 1.807) is 30.0 Å². The number of carbonyl (C=O) groups is 1. The van der Waals surface area contributed by atoms with Crippen LogP contribution in [0.3, 0.4) is 0 Å². The van der Waals surface area contributed by atoms with Gasteiger partial charge in [0, 0.05) is 39.8 Å². The maximum Gasteiger partial charge on any atom is 0.410 e. The molecule has 1 aromatic rings. The second kappa shape index (κ2) is 7.78. The van der Waals surface area contributed by atoms with Crippen molar-refractivity contribution < 1.29 is 18.7 Å². The second-order valence-electron chi connectivity index (χ2n) is 8.34. The molecule has 0 saturated carbocycles. The van der Waals surface area contributed by atoms with Crippen LogP contribution in [0.1, 0.15) is 26.3 Å². The number of halogens is 1. The SMILES string of the molecule is CN(C)C=Nc1cc2c(c(F)c1C#N)N1CCN(C(=O)OC(C)(C)C)C[C@H]1CO2. The normalized spacial score (nSPS) is 18.6. The molecule has 1 saturated heterocycles. The van der Waals surface area contributed by atoms with E-state index in [1.807, 2.05) is 31.7 Å². The molecule has 0 aromatic heterocycles. The van der Waals surface area contributed by atoms with Gasteiger partial charge in [0.15, 0.2) is 5.82 Å². The van der Waals surface area contributed by atoms with E-state index in [0.717, 1.165) is 0 Å². The fraction of sp³-hybridized carbons (Fsp3) is 0.550. The average molecular weight is 403 g/mol. The van der Waals surface area contributed by atoms with Crippen LogP contribution in [0.2, 0.25) is 0 Å². The Morgan fingerprint density at radius 1 is 1.45 bits per heavy atom. The highest BCUT2D eigenvalue weighted by Gasteiger charge is 2.38. The fourth-order valence-corrected chi connectivity index (χ4v) is 3.34. The van der Waals surface area contributed by atoms with Crippen molar-refractivity contribution in [1.29, 1.82) is 5.26 Å². The summed E-state index contributed by atoms with van der Waals surface area (Å²) in [5, 5.41) is 9.48. The molecule has 2 aliphatic heterocycles. The smallest absolute Gasteiger partial charge is 0.410 e. The predicted octanol–water partition coefficient (Wildman–Crippen LogP) is 2.74. The van der Waals surface area contributed by atoms with Crippen LogP contribution in [0.4, 0.5) is 20.6 Å². The zero-order valence-corrected chi connectivity index (χ0v) is 17.4. The largest absolute Gasteiger partial charge is 0.489 e. The number of hydrogen-bond acceptors (Lipinski definition) is 6. The van der Waals surface area contributed by atoms with Gasteiger partial charge in [-0.1, -0.05) is 0 Å². The molecular formula is C20H26FN5O3. The van der Waals surface area contributed by atoms with Crippen molar-refractivity contribution in [2.45, 2.75) is 32.4 Å². The number of amides is 1.